The van der Waals surface area contributed by atoms with Crippen LogP contribution in [0.2, 0.25) is 0 Å². The Morgan fingerprint density at radius 1 is 1.18 bits per heavy atom. The zero-order valence-corrected chi connectivity index (χ0v) is 14.6. The lowest BCUT2D eigenvalue weighted by Gasteiger charge is -2.34. The van der Waals surface area contributed by atoms with E-state index >= 15 is 0 Å². The first kappa shape index (κ1) is 16.3. The summed E-state index contributed by atoms with van der Waals surface area (Å²) in [5.74, 6) is 1.77. The number of thiophene rings is 1. The topological polar surface area (TPSA) is 32.3 Å². The molecule has 22 heavy (non-hydrogen) atoms. The van der Waals surface area contributed by atoms with Gasteiger partial charge in [0.1, 0.15) is 0 Å². The number of piperidine rings is 1. The molecular formula is C17H25ClN2OS. The molecule has 5 heteroatoms. The number of halogens is 1. The number of amides is 1. The Kier molecular flexibility index (Phi) is 5.10. The maximum atomic E-state index is 12.8. The van der Waals surface area contributed by atoms with Gasteiger partial charge in [-0.05, 0) is 68.7 Å². The lowest BCUT2D eigenvalue weighted by Crippen LogP contribution is -2.43. The number of rotatable bonds is 1. The lowest BCUT2D eigenvalue weighted by atomic mass is 9.88. The Morgan fingerprint density at radius 2 is 2.00 bits per heavy atom. The van der Waals surface area contributed by atoms with E-state index in [9.17, 15) is 4.79 Å². The van der Waals surface area contributed by atoms with Crippen LogP contribution in [0.5, 0.6) is 0 Å². The Labute approximate surface area is 142 Å². The number of fused-ring (bicyclic) bond motifs is 2. The molecule has 3 nitrogen and oxygen atoms in total. The molecule has 0 saturated carbocycles. The van der Waals surface area contributed by atoms with Gasteiger partial charge in [-0.3, -0.25) is 4.79 Å². The van der Waals surface area contributed by atoms with Gasteiger partial charge in [0.15, 0.2) is 0 Å². The van der Waals surface area contributed by atoms with Gasteiger partial charge >= 0.3 is 0 Å². The van der Waals surface area contributed by atoms with Gasteiger partial charge in [0, 0.05) is 18.0 Å². The summed E-state index contributed by atoms with van der Waals surface area (Å²) < 4.78 is 0. The summed E-state index contributed by atoms with van der Waals surface area (Å²) in [5.41, 5.74) is 1.46. The molecule has 0 aromatic carbocycles. The van der Waals surface area contributed by atoms with Crippen molar-refractivity contribution in [1.29, 1.82) is 0 Å². The number of carbonyl (C=O) groups excluding carboxylic acids is 1. The molecule has 0 radical (unpaired) electrons. The SMILES string of the molecule is Cl.O=C(c1cc2c(s1)CCCCC2)N1CCC2CNCC2C1. The van der Waals surface area contributed by atoms with Gasteiger partial charge in [-0.2, -0.15) is 0 Å². The van der Waals surface area contributed by atoms with Crippen LogP contribution in [0.1, 0.15) is 45.8 Å². The van der Waals surface area contributed by atoms with Crippen molar-refractivity contribution in [3.05, 3.63) is 21.4 Å². The Bertz CT molecular complexity index is 521. The summed E-state index contributed by atoms with van der Waals surface area (Å²) in [4.78, 5) is 17.4. The van der Waals surface area contributed by atoms with E-state index in [-0.39, 0.29) is 12.4 Å². The van der Waals surface area contributed by atoms with Crippen molar-refractivity contribution >= 4 is 29.7 Å². The molecule has 1 amide bonds. The van der Waals surface area contributed by atoms with Crippen LogP contribution in [0.25, 0.3) is 0 Å². The number of carbonyl (C=O) groups is 1. The van der Waals surface area contributed by atoms with Crippen LogP contribution in [0.15, 0.2) is 6.07 Å². The first-order valence-electron chi connectivity index (χ1n) is 8.43. The third-order valence-electron chi connectivity index (χ3n) is 5.45. The molecule has 2 aliphatic heterocycles. The predicted molar refractivity (Wildman–Crippen MR) is 93.2 cm³/mol. The van der Waals surface area contributed by atoms with Gasteiger partial charge in [0.05, 0.1) is 4.88 Å². The summed E-state index contributed by atoms with van der Waals surface area (Å²) in [7, 11) is 0. The standard InChI is InChI=1S/C17H24N2OS.ClH/c20-17(19-7-6-13-9-18-10-14(13)11-19)16-8-12-4-2-1-3-5-15(12)21-16;/h8,13-14,18H,1-7,9-11H2;1H. The van der Waals surface area contributed by atoms with Crippen molar-refractivity contribution in [1.82, 2.24) is 10.2 Å². The first-order valence-corrected chi connectivity index (χ1v) is 9.24. The summed E-state index contributed by atoms with van der Waals surface area (Å²) in [6.45, 7) is 4.15. The van der Waals surface area contributed by atoms with Gasteiger partial charge < -0.3 is 10.2 Å². The number of nitrogens with one attached hydrogen (secondary N) is 1. The first-order chi connectivity index (χ1) is 10.3. The van der Waals surface area contributed by atoms with E-state index in [1.165, 1.54) is 49.0 Å². The van der Waals surface area contributed by atoms with Gasteiger partial charge in [-0.1, -0.05) is 6.42 Å². The summed E-state index contributed by atoms with van der Waals surface area (Å²) in [6.07, 6.45) is 7.45. The van der Waals surface area contributed by atoms with E-state index in [4.69, 9.17) is 0 Å². The largest absolute Gasteiger partial charge is 0.338 e. The van der Waals surface area contributed by atoms with Crippen molar-refractivity contribution in [2.24, 2.45) is 11.8 Å². The number of aryl methyl sites for hydroxylation is 2. The summed E-state index contributed by atoms with van der Waals surface area (Å²) in [6, 6.07) is 2.20. The fourth-order valence-corrected chi connectivity index (χ4v) is 5.37. The summed E-state index contributed by atoms with van der Waals surface area (Å²) in [5, 5.41) is 3.47. The Balaban J connectivity index is 0.00000144. The summed E-state index contributed by atoms with van der Waals surface area (Å²) >= 11 is 1.77. The van der Waals surface area contributed by atoms with Crippen molar-refractivity contribution < 1.29 is 4.79 Å². The minimum absolute atomic E-state index is 0. The molecule has 2 fully saturated rings. The van der Waals surface area contributed by atoms with Gasteiger partial charge in [-0.25, -0.2) is 0 Å². The average molecular weight is 341 g/mol. The molecule has 2 unspecified atom stereocenters. The van der Waals surface area contributed by atoms with E-state index in [1.54, 1.807) is 11.3 Å². The molecule has 122 valence electrons. The number of hydrogen-bond donors (Lipinski definition) is 1. The molecule has 0 bridgehead atoms. The van der Waals surface area contributed by atoms with Crippen molar-refractivity contribution in [2.45, 2.75) is 38.5 Å². The molecule has 0 spiro atoms. The van der Waals surface area contributed by atoms with Gasteiger partial charge in [0.25, 0.3) is 5.91 Å². The smallest absolute Gasteiger partial charge is 0.263 e. The molecule has 4 rings (SSSR count). The predicted octanol–water partition coefficient (Wildman–Crippen LogP) is 3.12. The van der Waals surface area contributed by atoms with E-state index in [0.29, 0.717) is 11.8 Å². The number of nitrogens with zero attached hydrogens (tertiary/aromatic N) is 1. The van der Waals surface area contributed by atoms with Crippen LogP contribution in [0.3, 0.4) is 0 Å². The van der Waals surface area contributed by atoms with Crippen LogP contribution in [-0.2, 0) is 12.8 Å². The van der Waals surface area contributed by atoms with Crippen LogP contribution < -0.4 is 5.32 Å². The fraction of sp³-hybridized carbons (Fsp3) is 0.706. The highest BCUT2D eigenvalue weighted by Crippen LogP contribution is 2.32. The molecule has 1 aromatic rings. The monoisotopic (exact) mass is 340 g/mol. The van der Waals surface area contributed by atoms with E-state index in [1.807, 2.05) is 0 Å². The maximum absolute atomic E-state index is 12.8. The molecule has 1 aromatic heterocycles. The van der Waals surface area contributed by atoms with E-state index in [0.717, 1.165) is 37.0 Å². The minimum atomic E-state index is 0. The highest BCUT2D eigenvalue weighted by molar-refractivity contribution is 7.14. The van der Waals surface area contributed by atoms with Gasteiger partial charge in [0.2, 0.25) is 0 Å². The van der Waals surface area contributed by atoms with Crippen molar-refractivity contribution in [3.63, 3.8) is 0 Å². The molecule has 1 aliphatic carbocycles. The zero-order valence-electron chi connectivity index (χ0n) is 13.0. The second-order valence-electron chi connectivity index (χ2n) is 6.84. The van der Waals surface area contributed by atoms with Crippen LogP contribution in [0, 0.1) is 11.8 Å². The fourth-order valence-electron chi connectivity index (χ4n) is 4.15. The molecule has 3 aliphatic rings. The highest BCUT2D eigenvalue weighted by Gasteiger charge is 2.35. The molecular weight excluding hydrogens is 316 g/mol. The third kappa shape index (κ3) is 3.06. The van der Waals surface area contributed by atoms with Gasteiger partial charge in [-0.15, -0.1) is 23.7 Å². The Hall–Kier alpha value is -0.580. The quantitative estimate of drug-likeness (QED) is 0.797. The minimum Gasteiger partial charge on any atom is -0.338 e. The highest BCUT2D eigenvalue weighted by atomic mass is 35.5. The molecule has 2 saturated heterocycles. The number of likely N-dealkylation sites (tertiary alicyclic amines) is 1. The second-order valence-corrected chi connectivity index (χ2v) is 7.97. The maximum Gasteiger partial charge on any atom is 0.263 e. The third-order valence-corrected chi connectivity index (χ3v) is 6.67. The van der Waals surface area contributed by atoms with Crippen molar-refractivity contribution in [2.75, 3.05) is 26.2 Å². The van der Waals surface area contributed by atoms with Crippen LogP contribution in [0.4, 0.5) is 0 Å². The number of hydrogen-bond acceptors (Lipinski definition) is 3. The molecule has 2 atom stereocenters. The zero-order chi connectivity index (χ0) is 14.2. The van der Waals surface area contributed by atoms with E-state index in [2.05, 4.69) is 16.3 Å². The van der Waals surface area contributed by atoms with Crippen molar-refractivity contribution in [3.8, 4) is 0 Å². The Morgan fingerprint density at radius 3 is 2.91 bits per heavy atom. The second kappa shape index (κ2) is 6.90. The van der Waals surface area contributed by atoms with Crippen LogP contribution in [-0.4, -0.2) is 37.0 Å². The molecule has 1 N–H and O–H groups in total. The molecule has 3 heterocycles. The average Bonchev–Trinajstić information content (AvgIpc) is 3.08. The van der Waals surface area contributed by atoms with Crippen LogP contribution >= 0.6 is 23.7 Å². The normalized spacial score (nSPS) is 27.5. The van der Waals surface area contributed by atoms with E-state index < -0.39 is 0 Å². The lowest BCUT2D eigenvalue weighted by molar-refractivity contribution is 0.0647.